The molecule has 0 atom stereocenters. The summed E-state index contributed by atoms with van der Waals surface area (Å²) in [6.45, 7) is 14.4. The van der Waals surface area contributed by atoms with E-state index in [4.69, 9.17) is 0 Å². The van der Waals surface area contributed by atoms with E-state index in [0.29, 0.717) is 6.04 Å². The van der Waals surface area contributed by atoms with Gasteiger partial charge in [0.25, 0.3) is 0 Å². The summed E-state index contributed by atoms with van der Waals surface area (Å²) in [5.74, 6) is 0. The highest BCUT2D eigenvalue weighted by molar-refractivity contribution is 5.19. The van der Waals surface area contributed by atoms with E-state index in [9.17, 15) is 0 Å². The van der Waals surface area contributed by atoms with Gasteiger partial charge in [0.15, 0.2) is 0 Å². The van der Waals surface area contributed by atoms with Gasteiger partial charge >= 0.3 is 0 Å². The normalized spacial score (nSPS) is 13.3. The molecule has 0 heterocycles. The Morgan fingerprint density at radius 1 is 1.29 bits per heavy atom. The van der Waals surface area contributed by atoms with Gasteiger partial charge in [0.1, 0.15) is 0 Å². The Hall–Kier alpha value is -0.980. The minimum absolute atomic E-state index is 0.511. The van der Waals surface area contributed by atoms with Crippen molar-refractivity contribution in [2.45, 2.75) is 47.1 Å². The van der Waals surface area contributed by atoms with Crippen molar-refractivity contribution >= 4 is 0 Å². The maximum atomic E-state index is 3.86. The molecule has 0 aliphatic carbocycles. The molecule has 0 fully saturated rings. The molecule has 1 N–H and O–H groups in total. The summed E-state index contributed by atoms with van der Waals surface area (Å²) in [6, 6.07) is 0.511. The Labute approximate surface area is 88.6 Å². The molecular formula is C13H23N. The fraction of sp³-hybridized carbons (Fsp3) is 0.538. The van der Waals surface area contributed by atoms with E-state index in [0.717, 1.165) is 12.0 Å². The number of allylic oxidation sites excluding steroid dienone is 5. The van der Waals surface area contributed by atoms with Gasteiger partial charge in [-0.1, -0.05) is 29.9 Å². The van der Waals surface area contributed by atoms with E-state index in [2.05, 4.69) is 51.7 Å². The maximum absolute atomic E-state index is 3.86. The van der Waals surface area contributed by atoms with Crippen molar-refractivity contribution in [2.24, 2.45) is 0 Å². The first-order valence-electron chi connectivity index (χ1n) is 5.17. The van der Waals surface area contributed by atoms with E-state index in [1.54, 1.807) is 0 Å². The molecule has 14 heavy (non-hydrogen) atoms. The first-order chi connectivity index (χ1) is 6.41. The fourth-order valence-electron chi connectivity index (χ4n) is 1.31. The smallest absolute Gasteiger partial charge is 0.0201 e. The van der Waals surface area contributed by atoms with Crippen LogP contribution in [-0.4, -0.2) is 6.04 Å². The minimum atomic E-state index is 0.511. The van der Waals surface area contributed by atoms with Crippen LogP contribution in [0.5, 0.6) is 0 Å². The third-order valence-corrected chi connectivity index (χ3v) is 1.74. The molecule has 0 amide bonds. The van der Waals surface area contributed by atoms with Crippen LogP contribution in [0.15, 0.2) is 35.6 Å². The van der Waals surface area contributed by atoms with Gasteiger partial charge in [0, 0.05) is 11.7 Å². The van der Waals surface area contributed by atoms with Gasteiger partial charge < -0.3 is 5.32 Å². The molecule has 1 heteroatoms. The van der Waals surface area contributed by atoms with Crippen LogP contribution in [-0.2, 0) is 0 Å². The van der Waals surface area contributed by atoms with Gasteiger partial charge in [-0.15, -0.1) is 0 Å². The van der Waals surface area contributed by atoms with Crippen molar-refractivity contribution in [3.8, 4) is 0 Å². The lowest BCUT2D eigenvalue weighted by Crippen LogP contribution is -2.20. The van der Waals surface area contributed by atoms with Crippen LogP contribution >= 0.6 is 0 Å². The molecule has 0 spiro atoms. The molecule has 0 aliphatic rings. The van der Waals surface area contributed by atoms with Crippen LogP contribution in [0.25, 0.3) is 0 Å². The lowest BCUT2D eigenvalue weighted by Gasteiger charge is -2.09. The van der Waals surface area contributed by atoms with E-state index in [1.165, 1.54) is 11.3 Å². The quantitative estimate of drug-likeness (QED) is 0.655. The molecule has 0 aliphatic heterocycles. The zero-order valence-electron chi connectivity index (χ0n) is 10.1. The number of hydrogen-bond acceptors (Lipinski definition) is 1. The van der Waals surface area contributed by atoms with Gasteiger partial charge in [-0.05, 0) is 41.0 Å². The third-order valence-electron chi connectivity index (χ3n) is 1.74. The van der Waals surface area contributed by atoms with Crippen LogP contribution in [0, 0.1) is 0 Å². The van der Waals surface area contributed by atoms with Gasteiger partial charge in [0.2, 0.25) is 0 Å². The summed E-state index contributed by atoms with van der Waals surface area (Å²) in [5.41, 5.74) is 3.71. The summed E-state index contributed by atoms with van der Waals surface area (Å²) in [5, 5.41) is 3.36. The molecule has 0 saturated heterocycles. The van der Waals surface area contributed by atoms with Crippen LogP contribution in [0.2, 0.25) is 0 Å². The van der Waals surface area contributed by atoms with Gasteiger partial charge in [0.05, 0.1) is 0 Å². The number of nitrogens with one attached hydrogen (secondary N) is 1. The predicted octanol–water partition coefficient (Wildman–Crippen LogP) is 3.80. The number of rotatable bonds is 5. The van der Waals surface area contributed by atoms with Gasteiger partial charge in [-0.25, -0.2) is 0 Å². The summed E-state index contributed by atoms with van der Waals surface area (Å²) >= 11 is 0. The highest BCUT2D eigenvalue weighted by Gasteiger charge is 1.92. The molecule has 0 unspecified atom stereocenters. The topological polar surface area (TPSA) is 12.0 Å². The minimum Gasteiger partial charge on any atom is -0.387 e. The summed E-state index contributed by atoms with van der Waals surface area (Å²) in [7, 11) is 0. The Kier molecular flexibility index (Phi) is 6.02. The van der Waals surface area contributed by atoms with Crippen molar-refractivity contribution in [3.05, 3.63) is 35.6 Å². The largest absolute Gasteiger partial charge is 0.387 e. The molecule has 80 valence electrons. The Morgan fingerprint density at radius 2 is 1.86 bits per heavy atom. The van der Waals surface area contributed by atoms with Gasteiger partial charge in [-0.2, -0.15) is 0 Å². The summed E-state index contributed by atoms with van der Waals surface area (Å²) < 4.78 is 0. The molecule has 0 aromatic rings. The molecule has 0 saturated carbocycles. The van der Waals surface area contributed by atoms with Crippen molar-refractivity contribution in [1.82, 2.24) is 5.32 Å². The molecule has 0 aromatic heterocycles. The average Bonchev–Trinajstić information content (AvgIpc) is 1.98. The standard InChI is InChI=1S/C13H23N/c1-10(2)9-12(5)7-8-13(6)14-11(3)4/h8-9,11,14H,1,7H2,2-6H3/b12-9+,13-8+. The second-order valence-corrected chi connectivity index (χ2v) is 4.23. The predicted molar refractivity (Wildman–Crippen MR) is 65.2 cm³/mol. The monoisotopic (exact) mass is 193 g/mol. The molecule has 0 radical (unpaired) electrons. The second-order valence-electron chi connectivity index (χ2n) is 4.23. The van der Waals surface area contributed by atoms with Crippen molar-refractivity contribution < 1.29 is 0 Å². The van der Waals surface area contributed by atoms with E-state index >= 15 is 0 Å². The lowest BCUT2D eigenvalue weighted by molar-refractivity contribution is 0.667. The zero-order valence-corrected chi connectivity index (χ0v) is 10.1. The third kappa shape index (κ3) is 7.66. The van der Waals surface area contributed by atoms with Crippen LogP contribution in [0.3, 0.4) is 0 Å². The SMILES string of the molecule is C=C(C)/C=C(\C)C/C=C(\C)NC(C)C. The van der Waals surface area contributed by atoms with E-state index in [-0.39, 0.29) is 0 Å². The summed E-state index contributed by atoms with van der Waals surface area (Å²) in [4.78, 5) is 0. The molecule has 0 bridgehead atoms. The van der Waals surface area contributed by atoms with Gasteiger partial charge in [-0.3, -0.25) is 0 Å². The zero-order chi connectivity index (χ0) is 11.1. The fourth-order valence-corrected chi connectivity index (χ4v) is 1.31. The molecule has 0 rings (SSSR count). The highest BCUT2D eigenvalue weighted by atomic mass is 14.9. The second kappa shape index (κ2) is 6.47. The first-order valence-corrected chi connectivity index (χ1v) is 5.17. The maximum Gasteiger partial charge on any atom is 0.0201 e. The van der Waals surface area contributed by atoms with Crippen molar-refractivity contribution in [3.63, 3.8) is 0 Å². The van der Waals surface area contributed by atoms with Crippen LogP contribution < -0.4 is 5.32 Å². The molecule has 0 aromatic carbocycles. The van der Waals surface area contributed by atoms with Crippen LogP contribution in [0.1, 0.15) is 41.0 Å². The van der Waals surface area contributed by atoms with E-state index in [1.807, 2.05) is 6.92 Å². The average molecular weight is 193 g/mol. The Bertz CT molecular complexity index is 244. The lowest BCUT2D eigenvalue weighted by atomic mass is 10.1. The van der Waals surface area contributed by atoms with E-state index < -0.39 is 0 Å². The number of hydrogen-bond donors (Lipinski definition) is 1. The van der Waals surface area contributed by atoms with Crippen LogP contribution in [0.4, 0.5) is 0 Å². The Morgan fingerprint density at radius 3 is 2.29 bits per heavy atom. The highest BCUT2D eigenvalue weighted by Crippen LogP contribution is 2.06. The van der Waals surface area contributed by atoms with Crippen molar-refractivity contribution in [1.29, 1.82) is 0 Å². The molecular weight excluding hydrogens is 170 g/mol. The first kappa shape index (κ1) is 13.0. The Balaban J connectivity index is 4.08. The summed E-state index contributed by atoms with van der Waals surface area (Å²) in [6.07, 6.45) is 5.34. The van der Waals surface area contributed by atoms with Crippen molar-refractivity contribution in [2.75, 3.05) is 0 Å². The molecule has 1 nitrogen and oxygen atoms in total.